The van der Waals surface area contributed by atoms with Crippen molar-refractivity contribution in [3.05, 3.63) is 39.8 Å². The second-order valence-electron chi connectivity index (χ2n) is 7.25. The molecule has 1 N–H and O–H groups in total. The van der Waals surface area contributed by atoms with Gasteiger partial charge in [-0.2, -0.15) is 18.3 Å². The van der Waals surface area contributed by atoms with Crippen molar-refractivity contribution in [3.63, 3.8) is 0 Å². The molecule has 0 radical (unpaired) electrons. The highest BCUT2D eigenvalue weighted by Crippen LogP contribution is 2.40. The fourth-order valence-electron chi connectivity index (χ4n) is 3.26. The molecule has 0 unspecified atom stereocenters. The topological polar surface area (TPSA) is 95.3 Å². The number of rotatable bonds is 4. The number of aromatic nitrogens is 3. The van der Waals surface area contributed by atoms with Crippen LogP contribution in [0.1, 0.15) is 30.0 Å². The van der Waals surface area contributed by atoms with E-state index in [9.17, 15) is 22.8 Å². The van der Waals surface area contributed by atoms with Gasteiger partial charge >= 0.3 is 6.18 Å². The summed E-state index contributed by atoms with van der Waals surface area (Å²) in [5.74, 6) is 0.310. The van der Waals surface area contributed by atoms with Crippen molar-refractivity contribution < 1.29 is 27.4 Å². The Balaban J connectivity index is 1.39. The van der Waals surface area contributed by atoms with Crippen LogP contribution in [-0.4, -0.2) is 33.9 Å². The molecule has 1 aliphatic heterocycles. The minimum absolute atomic E-state index is 0.115. The first-order valence-electron chi connectivity index (χ1n) is 9.47. The first kappa shape index (κ1) is 19.8. The van der Waals surface area contributed by atoms with Gasteiger partial charge in [0.1, 0.15) is 25.3 Å². The summed E-state index contributed by atoms with van der Waals surface area (Å²) in [4.78, 5) is 29.0. The Morgan fingerprint density at radius 1 is 1.19 bits per heavy atom. The van der Waals surface area contributed by atoms with Crippen LogP contribution in [0.4, 0.5) is 18.3 Å². The number of ether oxygens (including phenoxy) is 2. The maximum absolute atomic E-state index is 13.3. The normalized spacial score (nSPS) is 15.8. The van der Waals surface area contributed by atoms with Crippen LogP contribution in [-0.2, 0) is 17.5 Å². The summed E-state index contributed by atoms with van der Waals surface area (Å²) >= 11 is 1.17. The molecule has 1 saturated carbocycles. The zero-order valence-electron chi connectivity index (χ0n) is 15.9. The molecular weight excluding hydrogens is 437 g/mol. The van der Waals surface area contributed by atoms with Crippen molar-refractivity contribution in [1.29, 1.82) is 0 Å². The molecule has 0 atom stereocenters. The molecule has 12 heteroatoms. The molecule has 1 aliphatic carbocycles. The number of carbonyl (C=O) groups is 1. The van der Waals surface area contributed by atoms with E-state index in [2.05, 4.69) is 15.4 Å². The van der Waals surface area contributed by atoms with Gasteiger partial charge in [0.25, 0.3) is 5.56 Å². The van der Waals surface area contributed by atoms with Crippen LogP contribution in [0.3, 0.4) is 0 Å². The van der Waals surface area contributed by atoms with Gasteiger partial charge in [0.15, 0.2) is 16.6 Å². The van der Waals surface area contributed by atoms with Crippen molar-refractivity contribution >= 4 is 32.6 Å². The van der Waals surface area contributed by atoms with Gasteiger partial charge in [-0.05, 0) is 18.9 Å². The average Bonchev–Trinajstić information content (AvgIpc) is 3.48. The van der Waals surface area contributed by atoms with Gasteiger partial charge in [-0.3, -0.25) is 9.59 Å². The summed E-state index contributed by atoms with van der Waals surface area (Å²) in [6.45, 7) is 0.206. The number of carbonyl (C=O) groups excluding carboxylic acids is 1. The third-order valence-corrected chi connectivity index (χ3v) is 5.82. The van der Waals surface area contributed by atoms with Crippen LogP contribution in [0.15, 0.2) is 23.0 Å². The Labute approximate surface area is 176 Å². The Kier molecular flexibility index (Phi) is 4.61. The highest BCUT2D eigenvalue weighted by atomic mass is 32.1. The molecule has 3 heterocycles. The maximum Gasteiger partial charge on any atom is 0.421 e. The van der Waals surface area contributed by atoms with Crippen molar-refractivity contribution in [2.75, 3.05) is 18.5 Å². The molecule has 0 spiro atoms. The van der Waals surface area contributed by atoms with Gasteiger partial charge in [-0.1, -0.05) is 11.3 Å². The number of nitrogens with one attached hydrogen (secondary N) is 1. The van der Waals surface area contributed by atoms with E-state index >= 15 is 0 Å². The number of benzene rings is 1. The summed E-state index contributed by atoms with van der Waals surface area (Å²) in [6.07, 6.45) is -3.41. The number of hydrogen-bond acceptors (Lipinski definition) is 7. The second kappa shape index (κ2) is 7.22. The van der Waals surface area contributed by atoms with E-state index in [1.807, 2.05) is 0 Å². The van der Waals surface area contributed by atoms with E-state index in [-0.39, 0.29) is 16.7 Å². The minimum atomic E-state index is -4.82. The molecule has 0 saturated heterocycles. The summed E-state index contributed by atoms with van der Waals surface area (Å²) in [5, 5.41) is 6.74. The number of nitrogens with zero attached hydrogens (tertiary/aromatic N) is 3. The van der Waals surface area contributed by atoms with Gasteiger partial charge in [0.2, 0.25) is 5.91 Å². The van der Waals surface area contributed by atoms with Crippen LogP contribution < -0.4 is 20.3 Å². The van der Waals surface area contributed by atoms with E-state index in [0.29, 0.717) is 47.8 Å². The molecule has 2 aromatic heterocycles. The molecule has 31 heavy (non-hydrogen) atoms. The fraction of sp³-hybridized carbons (Fsp3) is 0.368. The Hall–Kier alpha value is -3.15. The van der Waals surface area contributed by atoms with E-state index in [1.54, 1.807) is 12.1 Å². The monoisotopic (exact) mass is 452 g/mol. The average molecular weight is 452 g/mol. The first-order chi connectivity index (χ1) is 14.8. The Morgan fingerprint density at radius 2 is 1.90 bits per heavy atom. The SMILES string of the molecule is O=C(Cn1nc(C2CC2)cc(C(F)(F)F)c1=O)Nc1nc2cc3c(cc2s1)OCCO3. The molecular formula is C19H15F3N4O4S. The summed E-state index contributed by atoms with van der Waals surface area (Å²) in [6, 6.07) is 4.22. The fourth-order valence-corrected chi connectivity index (χ4v) is 4.16. The number of anilines is 1. The van der Waals surface area contributed by atoms with Gasteiger partial charge < -0.3 is 14.8 Å². The second-order valence-corrected chi connectivity index (χ2v) is 8.28. The van der Waals surface area contributed by atoms with Crippen LogP contribution in [0.2, 0.25) is 0 Å². The molecule has 0 bridgehead atoms. The van der Waals surface area contributed by atoms with Gasteiger partial charge in [-0.25, -0.2) is 9.67 Å². The lowest BCUT2D eigenvalue weighted by atomic mass is 10.2. The van der Waals surface area contributed by atoms with Gasteiger partial charge in [0.05, 0.1) is 15.9 Å². The number of fused-ring (bicyclic) bond motifs is 2. The van der Waals surface area contributed by atoms with Gasteiger partial charge in [-0.15, -0.1) is 0 Å². The lowest BCUT2D eigenvalue weighted by molar-refractivity contribution is -0.139. The van der Waals surface area contributed by atoms with Gasteiger partial charge in [0, 0.05) is 18.1 Å². The van der Waals surface area contributed by atoms with Crippen LogP contribution in [0.5, 0.6) is 11.5 Å². The maximum atomic E-state index is 13.3. The smallest absolute Gasteiger partial charge is 0.421 e. The number of alkyl halides is 3. The number of halogens is 3. The number of hydrogen-bond donors (Lipinski definition) is 1. The lowest BCUT2D eigenvalue weighted by Gasteiger charge is -2.17. The van der Waals surface area contributed by atoms with E-state index in [4.69, 9.17) is 9.47 Å². The third-order valence-electron chi connectivity index (χ3n) is 4.89. The third kappa shape index (κ3) is 3.94. The summed E-state index contributed by atoms with van der Waals surface area (Å²) in [7, 11) is 0. The number of thiazole rings is 1. The van der Waals surface area contributed by atoms with E-state index in [0.717, 1.165) is 10.8 Å². The lowest BCUT2D eigenvalue weighted by Crippen LogP contribution is -2.35. The van der Waals surface area contributed by atoms with E-state index in [1.165, 1.54) is 11.3 Å². The molecule has 1 aromatic carbocycles. The van der Waals surface area contributed by atoms with Crippen molar-refractivity contribution in [2.45, 2.75) is 31.5 Å². The predicted molar refractivity (Wildman–Crippen MR) is 105 cm³/mol. The Morgan fingerprint density at radius 3 is 2.58 bits per heavy atom. The standard InChI is InChI=1S/C19H15F3N4O4S/c20-19(21,22)10-5-11(9-1-2-9)25-26(17(10)28)8-16(27)24-18-23-12-6-13-14(7-15(12)31-18)30-4-3-29-13/h5-7,9H,1-4,8H2,(H,23,24,27). The highest BCUT2D eigenvalue weighted by Gasteiger charge is 2.37. The molecule has 2 aliphatic rings. The minimum Gasteiger partial charge on any atom is -0.486 e. The molecule has 3 aromatic rings. The molecule has 162 valence electrons. The molecule has 1 amide bonds. The van der Waals surface area contributed by atoms with Crippen molar-refractivity contribution in [2.24, 2.45) is 0 Å². The molecule has 8 nitrogen and oxygen atoms in total. The van der Waals surface area contributed by atoms with Crippen molar-refractivity contribution in [3.8, 4) is 11.5 Å². The molecule has 1 fully saturated rings. The van der Waals surface area contributed by atoms with Crippen LogP contribution >= 0.6 is 11.3 Å². The first-order valence-corrected chi connectivity index (χ1v) is 10.3. The van der Waals surface area contributed by atoms with Crippen molar-refractivity contribution in [1.82, 2.24) is 14.8 Å². The summed E-state index contributed by atoms with van der Waals surface area (Å²) < 4.78 is 52.1. The predicted octanol–water partition coefficient (Wildman–Crippen LogP) is 3.16. The van der Waals surface area contributed by atoms with Crippen LogP contribution in [0.25, 0.3) is 10.2 Å². The zero-order chi connectivity index (χ0) is 21.8. The quantitative estimate of drug-likeness (QED) is 0.654. The highest BCUT2D eigenvalue weighted by molar-refractivity contribution is 7.22. The Bertz CT molecular complexity index is 1210. The van der Waals surface area contributed by atoms with Crippen LogP contribution in [0, 0.1) is 0 Å². The summed E-state index contributed by atoms with van der Waals surface area (Å²) in [5.41, 5.74) is -1.92. The zero-order valence-corrected chi connectivity index (χ0v) is 16.7. The number of amides is 1. The largest absolute Gasteiger partial charge is 0.486 e. The van der Waals surface area contributed by atoms with E-state index < -0.39 is 29.8 Å². The molecule has 5 rings (SSSR count).